The van der Waals surface area contributed by atoms with Gasteiger partial charge in [0.2, 0.25) is 0 Å². The van der Waals surface area contributed by atoms with E-state index in [9.17, 15) is 4.79 Å². The molecule has 5 heteroatoms. The van der Waals surface area contributed by atoms with Crippen LogP contribution in [0, 0.1) is 0 Å². The monoisotopic (exact) mass is 228 g/mol. The van der Waals surface area contributed by atoms with E-state index in [0.717, 1.165) is 6.61 Å². The van der Waals surface area contributed by atoms with Crippen molar-refractivity contribution >= 4 is 18.1 Å². The van der Waals surface area contributed by atoms with Crippen molar-refractivity contribution in [3.05, 3.63) is 23.2 Å². The van der Waals surface area contributed by atoms with Crippen molar-refractivity contribution in [3.63, 3.8) is 0 Å². The highest BCUT2D eigenvalue weighted by molar-refractivity contribution is 6.30. The predicted octanol–water partition coefficient (Wildman–Crippen LogP) is 1.65. The molecule has 0 bridgehead atoms. The minimum Gasteiger partial charge on any atom is -0.487 e. The summed E-state index contributed by atoms with van der Waals surface area (Å²) in [6.07, 6.45) is 0.157. The Morgan fingerprint density at radius 3 is 3.00 bits per heavy atom. The van der Waals surface area contributed by atoms with Crippen LogP contribution in [0.5, 0.6) is 11.5 Å². The van der Waals surface area contributed by atoms with Crippen LogP contribution in [0.15, 0.2) is 18.2 Å². The molecular weight excluding hydrogens is 220 g/mol. The van der Waals surface area contributed by atoms with Crippen LogP contribution in [0.3, 0.4) is 0 Å². The van der Waals surface area contributed by atoms with Crippen LogP contribution in [-0.4, -0.2) is 25.8 Å². The Bertz CT molecular complexity index is 362. The first kappa shape index (κ1) is 10.3. The minimum atomic E-state index is 0.157. The van der Waals surface area contributed by atoms with Crippen LogP contribution in [0.4, 0.5) is 0 Å². The SMILES string of the molecule is O=COc1cc(Cl)ccc1OC[C@@H]1CO1. The molecule has 15 heavy (non-hydrogen) atoms. The first-order valence-corrected chi connectivity index (χ1v) is 4.81. The molecule has 0 aromatic heterocycles. The van der Waals surface area contributed by atoms with Gasteiger partial charge in [0, 0.05) is 11.1 Å². The molecule has 0 spiro atoms. The third-order valence-corrected chi connectivity index (χ3v) is 2.14. The average molecular weight is 229 g/mol. The van der Waals surface area contributed by atoms with Crippen molar-refractivity contribution in [3.8, 4) is 11.5 Å². The molecule has 1 heterocycles. The van der Waals surface area contributed by atoms with Crippen LogP contribution >= 0.6 is 11.6 Å². The third kappa shape index (κ3) is 2.84. The smallest absolute Gasteiger partial charge is 0.298 e. The van der Waals surface area contributed by atoms with Crippen molar-refractivity contribution in [1.82, 2.24) is 0 Å². The first-order valence-electron chi connectivity index (χ1n) is 4.44. The Balaban J connectivity index is 2.08. The van der Waals surface area contributed by atoms with E-state index in [2.05, 4.69) is 0 Å². The summed E-state index contributed by atoms with van der Waals surface area (Å²) in [7, 11) is 0. The molecule has 1 aliphatic heterocycles. The van der Waals surface area contributed by atoms with Crippen molar-refractivity contribution in [2.45, 2.75) is 6.10 Å². The standard InChI is InChI=1S/C10H9ClO4/c11-7-1-2-9(10(3-7)15-6-12)14-5-8-4-13-8/h1-3,6,8H,4-5H2/t8-/m0/s1. The molecule has 0 radical (unpaired) electrons. The number of carbonyl (C=O) groups is 1. The fourth-order valence-electron chi connectivity index (χ4n) is 1.09. The van der Waals surface area contributed by atoms with Gasteiger partial charge in [0.1, 0.15) is 12.7 Å². The Kier molecular flexibility index (Phi) is 3.08. The number of benzene rings is 1. The minimum absolute atomic E-state index is 0.157. The van der Waals surface area contributed by atoms with Crippen LogP contribution in [0.25, 0.3) is 0 Å². The van der Waals surface area contributed by atoms with E-state index in [4.69, 9.17) is 25.8 Å². The highest BCUT2D eigenvalue weighted by Gasteiger charge is 2.23. The molecule has 0 aliphatic carbocycles. The number of rotatable bonds is 5. The van der Waals surface area contributed by atoms with Crippen LogP contribution in [-0.2, 0) is 9.53 Å². The zero-order valence-electron chi connectivity index (χ0n) is 7.81. The molecule has 1 aromatic carbocycles. The molecule has 1 saturated heterocycles. The lowest BCUT2D eigenvalue weighted by molar-refractivity contribution is -0.120. The van der Waals surface area contributed by atoms with E-state index in [1.807, 2.05) is 0 Å². The summed E-state index contributed by atoms with van der Waals surface area (Å²) in [6.45, 7) is 1.51. The van der Waals surface area contributed by atoms with Crippen molar-refractivity contribution in [2.24, 2.45) is 0 Å². The molecule has 1 fully saturated rings. The molecule has 0 amide bonds. The Morgan fingerprint density at radius 1 is 1.53 bits per heavy atom. The summed E-state index contributed by atoms with van der Waals surface area (Å²) < 4.78 is 15.1. The van der Waals surface area contributed by atoms with Crippen molar-refractivity contribution < 1.29 is 19.0 Å². The van der Waals surface area contributed by atoms with E-state index in [-0.39, 0.29) is 6.10 Å². The van der Waals surface area contributed by atoms with E-state index in [0.29, 0.717) is 29.6 Å². The van der Waals surface area contributed by atoms with E-state index in [1.54, 1.807) is 12.1 Å². The topological polar surface area (TPSA) is 48.1 Å². The van der Waals surface area contributed by atoms with Crippen molar-refractivity contribution in [1.29, 1.82) is 0 Å². The van der Waals surface area contributed by atoms with Gasteiger partial charge in [0.15, 0.2) is 11.5 Å². The highest BCUT2D eigenvalue weighted by Crippen LogP contribution is 2.30. The second-order valence-corrected chi connectivity index (χ2v) is 3.51. The third-order valence-electron chi connectivity index (χ3n) is 1.91. The Hall–Kier alpha value is -1.26. The largest absolute Gasteiger partial charge is 0.487 e. The highest BCUT2D eigenvalue weighted by atomic mass is 35.5. The Morgan fingerprint density at radius 2 is 2.33 bits per heavy atom. The van der Waals surface area contributed by atoms with Gasteiger partial charge < -0.3 is 14.2 Å². The molecule has 1 aliphatic rings. The summed E-state index contributed by atoms with van der Waals surface area (Å²) in [5.74, 6) is 0.806. The molecule has 80 valence electrons. The number of hydrogen-bond acceptors (Lipinski definition) is 4. The molecule has 4 nitrogen and oxygen atoms in total. The van der Waals surface area contributed by atoms with Crippen LogP contribution in [0.1, 0.15) is 0 Å². The fourth-order valence-corrected chi connectivity index (χ4v) is 1.25. The van der Waals surface area contributed by atoms with Gasteiger partial charge >= 0.3 is 0 Å². The fraction of sp³-hybridized carbons (Fsp3) is 0.300. The van der Waals surface area contributed by atoms with Gasteiger partial charge in [0.25, 0.3) is 6.47 Å². The molecule has 0 saturated carbocycles. The number of epoxide rings is 1. The summed E-state index contributed by atoms with van der Waals surface area (Å²) in [6, 6.07) is 4.85. The zero-order chi connectivity index (χ0) is 10.7. The molecular formula is C10H9ClO4. The van der Waals surface area contributed by atoms with Gasteiger partial charge in [-0.05, 0) is 12.1 Å². The lowest BCUT2D eigenvalue weighted by Gasteiger charge is -2.08. The first-order chi connectivity index (χ1) is 7.29. The predicted molar refractivity (Wildman–Crippen MR) is 53.4 cm³/mol. The maximum absolute atomic E-state index is 10.2. The van der Waals surface area contributed by atoms with Gasteiger partial charge in [-0.15, -0.1) is 0 Å². The normalized spacial score (nSPS) is 18.3. The van der Waals surface area contributed by atoms with Gasteiger partial charge in [-0.25, -0.2) is 0 Å². The van der Waals surface area contributed by atoms with Crippen LogP contribution in [0.2, 0.25) is 5.02 Å². The maximum Gasteiger partial charge on any atom is 0.298 e. The van der Waals surface area contributed by atoms with E-state index in [1.165, 1.54) is 6.07 Å². The zero-order valence-corrected chi connectivity index (χ0v) is 8.57. The van der Waals surface area contributed by atoms with E-state index < -0.39 is 0 Å². The lowest BCUT2D eigenvalue weighted by Crippen LogP contribution is -2.05. The maximum atomic E-state index is 10.2. The quantitative estimate of drug-likeness (QED) is 0.568. The van der Waals surface area contributed by atoms with Crippen LogP contribution < -0.4 is 9.47 Å². The average Bonchev–Trinajstić information content (AvgIpc) is 3.01. The number of hydrogen-bond donors (Lipinski definition) is 0. The molecule has 0 N–H and O–H groups in total. The molecule has 1 atom stereocenters. The lowest BCUT2D eigenvalue weighted by atomic mass is 10.3. The van der Waals surface area contributed by atoms with E-state index >= 15 is 0 Å². The second kappa shape index (κ2) is 4.51. The summed E-state index contributed by atoms with van der Waals surface area (Å²) in [5.41, 5.74) is 0. The Labute approximate surface area is 91.7 Å². The molecule has 2 rings (SSSR count). The van der Waals surface area contributed by atoms with Gasteiger partial charge in [-0.2, -0.15) is 0 Å². The molecule has 0 unspecified atom stereocenters. The summed E-state index contributed by atoms with van der Waals surface area (Å²) in [4.78, 5) is 10.2. The molecule has 1 aromatic rings. The number of halogens is 1. The summed E-state index contributed by atoms with van der Waals surface area (Å²) >= 11 is 5.75. The summed E-state index contributed by atoms with van der Waals surface area (Å²) in [5, 5.41) is 0.488. The number of ether oxygens (including phenoxy) is 3. The second-order valence-electron chi connectivity index (χ2n) is 3.07. The number of carbonyl (C=O) groups excluding carboxylic acids is 1. The van der Waals surface area contributed by atoms with Crippen molar-refractivity contribution in [2.75, 3.05) is 13.2 Å². The van der Waals surface area contributed by atoms with Gasteiger partial charge in [-0.1, -0.05) is 11.6 Å². The van der Waals surface area contributed by atoms with Gasteiger partial charge in [0.05, 0.1) is 6.61 Å². The van der Waals surface area contributed by atoms with Gasteiger partial charge in [-0.3, -0.25) is 4.79 Å².